The van der Waals surface area contributed by atoms with Gasteiger partial charge in [0.2, 0.25) is 0 Å². The zero-order valence-corrected chi connectivity index (χ0v) is 26.3. The van der Waals surface area contributed by atoms with Crippen LogP contribution in [0.5, 0.6) is 0 Å². The maximum absolute atomic E-state index is 2.50. The number of fused-ring (bicyclic) bond motifs is 3. The van der Waals surface area contributed by atoms with Crippen molar-refractivity contribution in [1.29, 1.82) is 0 Å². The van der Waals surface area contributed by atoms with E-state index < -0.39 is 0 Å². The third-order valence-corrected chi connectivity index (χ3v) is 7.09. The van der Waals surface area contributed by atoms with Gasteiger partial charge in [-0.15, -0.1) is 0 Å². The summed E-state index contributed by atoms with van der Waals surface area (Å²) in [4.78, 5) is 4.63. The summed E-state index contributed by atoms with van der Waals surface area (Å²) in [6, 6.07) is 14.4. The van der Waals surface area contributed by atoms with Crippen LogP contribution in [0.3, 0.4) is 0 Å². The average molecular weight is 509 g/mol. The lowest BCUT2D eigenvalue weighted by Crippen LogP contribution is -2.26. The number of hydrogen-bond donors (Lipinski definition) is 0. The summed E-state index contributed by atoms with van der Waals surface area (Å²) >= 11 is 0. The van der Waals surface area contributed by atoms with Gasteiger partial charge in [0.05, 0.1) is 0 Å². The lowest BCUT2D eigenvalue weighted by atomic mass is 9.70. The van der Waals surface area contributed by atoms with E-state index in [4.69, 9.17) is 0 Å². The van der Waals surface area contributed by atoms with Gasteiger partial charge in [0.25, 0.3) is 0 Å². The van der Waals surface area contributed by atoms with Crippen LogP contribution in [-0.2, 0) is 5.41 Å². The Kier molecular flexibility index (Phi) is 16.1. The van der Waals surface area contributed by atoms with Gasteiger partial charge in [0.15, 0.2) is 0 Å². The summed E-state index contributed by atoms with van der Waals surface area (Å²) in [5.41, 5.74) is 9.17. The summed E-state index contributed by atoms with van der Waals surface area (Å²) in [6.07, 6.45) is 12.9. The summed E-state index contributed by atoms with van der Waals surface area (Å²) in [5.74, 6) is 0. The van der Waals surface area contributed by atoms with Crippen molar-refractivity contribution in [3.63, 3.8) is 0 Å². The Balaban J connectivity index is 0.00000104. The fourth-order valence-corrected chi connectivity index (χ4v) is 5.45. The fraction of sp³-hybridized carbons (Fsp3) is 0.657. The van der Waals surface area contributed by atoms with Gasteiger partial charge in [-0.1, -0.05) is 114 Å². The first-order valence-electron chi connectivity index (χ1n) is 15.2. The molecule has 2 heteroatoms. The molecule has 2 nitrogen and oxygen atoms in total. The van der Waals surface area contributed by atoms with E-state index in [9.17, 15) is 0 Å². The van der Waals surface area contributed by atoms with E-state index in [0.29, 0.717) is 0 Å². The van der Waals surface area contributed by atoms with Gasteiger partial charge in [-0.25, -0.2) is 0 Å². The monoisotopic (exact) mass is 508 g/mol. The number of rotatable bonds is 12. The van der Waals surface area contributed by atoms with Crippen molar-refractivity contribution >= 4 is 0 Å². The molecule has 0 unspecified atom stereocenters. The molecule has 0 aliphatic heterocycles. The van der Waals surface area contributed by atoms with Crippen LogP contribution in [0.1, 0.15) is 114 Å². The van der Waals surface area contributed by atoms with E-state index in [1.165, 1.54) is 99.6 Å². The lowest BCUT2D eigenvalue weighted by Gasteiger charge is -2.33. The predicted octanol–water partition coefficient (Wildman–Crippen LogP) is 9.65. The Morgan fingerprint density at radius 3 is 1.22 bits per heavy atom. The summed E-state index contributed by atoms with van der Waals surface area (Å²) < 4.78 is 0. The molecule has 0 amide bonds. The van der Waals surface area contributed by atoms with E-state index in [1.807, 2.05) is 0 Å². The van der Waals surface area contributed by atoms with E-state index in [0.717, 1.165) is 0 Å². The molecule has 3 rings (SSSR count). The largest absolute Gasteiger partial charge is 0.309 e. The van der Waals surface area contributed by atoms with Crippen molar-refractivity contribution in [2.45, 2.75) is 111 Å². The second-order valence-electron chi connectivity index (χ2n) is 11.8. The van der Waals surface area contributed by atoms with Gasteiger partial charge in [-0.3, -0.25) is 0 Å². The zero-order chi connectivity index (χ0) is 27.8. The fourth-order valence-electron chi connectivity index (χ4n) is 5.45. The van der Waals surface area contributed by atoms with Crippen molar-refractivity contribution in [3.05, 3.63) is 58.7 Å². The van der Waals surface area contributed by atoms with Crippen molar-refractivity contribution in [1.82, 2.24) is 9.80 Å². The zero-order valence-electron chi connectivity index (χ0n) is 26.3. The Bertz CT molecular complexity index is 807. The molecule has 0 heterocycles. The minimum absolute atomic E-state index is 0.193. The Hall–Kier alpha value is -1.64. The summed E-state index contributed by atoms with van der Waals surface area (Å²) in [7, 11) is 8.74. The third kappa shape index (κ3) is 10.6. The number of nitrogens with zero attached hydrogens (tertiary/aromatic N) is 2. The van der Waals surface area contributed by atoms with E-state index in [1.54, 1.807) is 11.1 Å². The molecule has 0 fully saturated rings. The van der Waals surface area contributed by atoms with Gasteiger partial charge >= 0.3 is 0 Å². The SMILES string of the molecule is CCC.CCC.Cc1ccc2c(c1)C(CCCCCN(C)C)(CCCCCN(C)C)c1cc(C)ccc1-2. The van der Waals surface area contributed by atoms with Crippen molar-refractivity contribution in [3.8, 4) is 11.1 Å². The van der Waals surface area contributed by atoms with Gasteiger partial charge in [-0.2, -0.15) is 0 Å². The van der Waals surface area contributed by atoms with E-state index in [-0.39, 0.29) is 5.41 Å². The molecule has 0 bridgehead atoms. The van der Waals surface area contributed by atoms with E-state index in [2.05, 4.69) is 116 Å². The molecule has 2 aromatic carbocycles. The number of unbranched alkanes of at least 4 members (excludes halogenated alkanes) is 4. The van der Waals surface area contributed by atoms with Gasteiger partial charge in [-0.05, 0) is 103 Å². The standard InChI is InChI=1S/C29H44N2.2C3H8/c1-23-13-15-25-26-16-14-24(2)22-28(26)29(27(25)21-23,17-9-7-11-19-30(3)4)18-10-8-12-20-31(5)6;2*1-3-2/h13-16,21-22H,7-12,17-20H2,1-6H3;2*3H2,1-2H3. The van der Waals surface area contributed by atoms with Crippen molar-refractivity contribution < 1.29 is 0 Å². The lowest BCUT2D eigenvalue weighted by molar-refractivity contribution is 0.359. The van der Waals surface area contributed by atoms with Crippen LogP contribution < -0.4 is 0 Å². The quantitative estimate of drug-likeness (QED) is 0.263. The molecule has 0 aromatic heterocycles. The molecule has 1 aliphatic rings. The Morgan fingerprint density at radius 2 is 0.892 bits per heavy atom. The highest BCUT2D eigenvalue weighted by molar-refractivity contribution is 5.81. The van der Waals surface area contributed by atoms with Crippen LogP contribution in [0.2, 0.25) is 0 Å². The number of aryl methyl sites for hydroxylation is 2. The second kappa shape index (κ2) is 17.8. The van der Waals surface area contributed by atoms with Gasteiger partial charge in [0, 0.05) is 5.41 Å². The molecule has 1 aliphatic carbocycles. The van der Waals surface area contributed by atoms with Crippen molar-refractivity contribution in [2.24, 2.45) is 0 Å². The first-order valence-corrected chi connectivity index (χ1v) is 15.2. The highest BCUT2D eigenvalue weighted by Crippen LogP contribution is 2.54. The first-order chi connectivity index (χ1) is 17.7. The molecule has 0 N–H and O–H groups in total. The average Bonchev–Trinajstić information content (AvgIpc) is 3.08. The number of benzene rings is 2. The highest BCUT2D eigenvalue weighted by atomic mass is 15.0. The van der Waals surface area contributed by atoms with Crippen LogP contribution >= 0.6 is 0 Å². The van der Waals surface area contributed by atoms with Crippen LogP contribution in [0.25, 0.3) is 11.1 Å². The molecule has 210 valence electrons. The molecular formula is C35H60N2. The first kappa shape index (κ1) is 33.4. The van der Waals surface area contributed by atoms with Crippen molar-refractivity contribution in [2.75, 3.05) is 41.3 Å². The number of hydrogen-bond acceptors (Lipinski definition) is 2. The minimum Gasteiger partial charge on any atom is -0.309 e. The minimum atomic E-state index is 0.193. The van der Waals surface area contributed by atoms with Gasteiger partial charge in [0.1, 0.15) is 0 Å². The van der Waals surface area contributed by atoms with Crippen LogP contribution in [0, 0.1) is 13.8 Å². The topological polar surface area (TPSA) is 6.48 Å². The molecule has 0 radical (unpaired) electrons. The van der Waals surface area contributed by atoms with E-state index >= 15 is 0 Å². The molecule has 0 atom stereocenters. The maximum Gasteiger partial charge on any atom is 0.0215 e. The summed E-state index contributed by atoms with van der Waals surface area (Å²) in [6.45, 7) is 15.4. The van der Waals surface area contributed by atoms with Crippen LogP contribution in [0.15, 0.2) is 36.4 Å². The summed E-state index contributed by atoms with van der Waals surface area (Å²) in [5, 5.41) is 0. The molecule has 37 heavy (non-hydrogen) atoms. The Morgan fingerprint density at radius 1 is 0.541 bits per heavy atom. The smallest absolute Gasteiger partial charge is 0.0215 e. The normalized spacial score (nSPS) is 13.0. The van der Waals surface area contributed by atoms with Crippen LogP contribution in [-0.4, -0.2) is 51.1 Å². The predicted molar refractivity (Wildman–Crippen MR) is 168 cm³/mol. The second-order valence-corrected chi connectivity index (χ2v) is 11.8. The van der Waals surface area contributed by atoms with Gasteiger partial charge < -0.3 is 9.80 Å². The Labute approximate surface area is 231 Å². The molecule has 0 saturated carbocycles. The highest BCUT2D eigenvalue weighted by Gasteiger charge is 2.42. The maximum atomic E-state index is 2.50. The molecule has 2 aromatic rings. The molecule has 0 spiro atoms. The molecule has 0 saturated heterocycles. The third-order valence-electron chi connectivity index (χ3n) is 7.09. The van der Waals surface area contributed by atoms with Crippen LogP contribution in [0.4, 0.5) is 0 Å². The molecular weight excluding hydrogens is 448 g/mol.